The van der Waals surface area contributed by atoms with Gasteiger partial charge in [-0.3, -0.25) is 9.59 Å². The fourth-order valence-corrected chi connectivity index (χ4v) is 1.87. The van der Waals surface area contributed by atoms with Crippen LogP contribution in [0.15, 0.2) is 48.7 Å². The van der Waals surface area contributed by atoms with Crippen LogP contribution in [0.2, 0.25) is 0 Å². The molecule has 126 valence electrons. The van der Waals surface area contributed by atoms with Crippen LogP contribution in [0, 0.1) is 0 Å². The second-order valence-corrected chi connectivity index (χ2v) is 4.88. The lowest BCUT2D eigenvalue weighted by molar-refractivity contribution is -0.141. The van der Waals surface area contributed by atoms with Crippen LogP contribution < -0.4 is 10.6 Å². The Morgan fingerprint density at radius 1 is 1.00 bits per heavy atom. The predicted molar refractivity (Wildman–Crippen MR) is 81.0 cm³/mol. The van der Waals surface area contributed by atoms with E-state index in [-0.39, 0.29) is 12.2 Å². The average Bonchev–Trinajstić information content (AvgIpc) is 2.55. The number of benzene rings is 1. The van der Waals surface area contributed by atoms with Crippen LogP contribution in [0.3, 0.4) is 0 Å². The molecule has 5 nitrogen and oxygen atoms in total. The number of nitrogens with zero attached hydrogens (tertiary/aromatic N) is 1. The summed E-state index contributed by atoms with van der Waals surface area (Å²) in [6, 6.07) is 11.1. The van der Waals surface area contributed by atoms with Crippen molar-refractivity contribution in [3.63, 3.8) is 0 Å². The highest BCUT2D eigenvalue weighted by molar-refractivity contribution is 6.39. The summed E-state index contributed by atoms with van der Waals surface area (Å²) in [6.07, 6.45) is -3.16. The molecule has 0 radical (unpaired) electrons. The van der Waals surface area contributed by atoms with E-state index in [1.165, 1.54) is 0 Å². The number of carbonyl (C=O) groups excluding carboxylic acids is 2. The molecule has 0 aliphatic heterocycles. The molecule has 0 saturated heterocycles. The minimum absolute atomic E-state index is 0.00575. The quantitative estimate of drug-likeness (QED) is 0.842. The number of hydrogen-bond donors (Lipinski definition) is 2. The highest BCUT2D eigenvalue weighted by Crippen LogP contribution is 2.27. The molecule has 8 heteroatoms. The third kappa shape index (κ3) is 5.08. The summed E-state index contributed by atoms with van der Waals surface area (Å²) in [5.41, 5.74) is -0.0656. The van der Waals surface area contributed by atoms with Gasteiger partial charge in [-0.2, -0.15) is 13.2 Å². The fourth-order valence-electron chi connectivity index (χ4n) is 1.87. The molecule has 1 aromatic heterocycles. The van der Waals surface area contributed by atoms with Crippen LogP contribution in [0.25, 0.3) is 0 Å². The highest BCUT2D eigenvalue weighted by Gasteiger charge is 2.32. The average molecular weight is 337 g/mol. The van der Waals surface area contributed by atoms with Gasteiger partial charge in [0.1, 0.15) is 5.69 Å². The summed E-state index contributed by atoms with van der Waals surface area (Å²) in [5.74, 6) is -1.84. The van der Waals surface area contributed by atoms with Crippen molar-refractivity contribution in [2.45, 2.75) is 12.6 Å². The van der Waals surface area contributed by atoms with Gasteiger partial charge in [-0.1, -0.05) is 30.3 Å². The van der Waals surface area contributed by atoms with Crippen molar-refractivity contribution in [2.24, 2.45) is 0 Å². The van der Waals surface area contributed by atoms with Crippen molar-refractivity contribution >= 4 is 17.5 Å². The molecule has 0 bridgehead atoms. The molecule has 0 saturated carbocycles. The number of anilines is 1. The molecule has 2 rings (SSSR count). The third-order valence-corrected chi connectivity index (χ3v) is 3.06. The highest BCUT2D eigenvalue weighted by atomic mass is 19.4. The molecule has 2 amide bonds. The summed E-state index contributed by atoms with van der Waals surface area (Å²) >= 11 is 0. The van der Waals surface area contributed by atoms with Gasteiger partial charge in [0.15, 0.2) is 0 Å². The first kappa shape index (κ1) is 17.5. The van der Waals surface area contributed by atoms with E-state index in [1.54, 1.807) is 0 Å². The fraction of sp³-hybridized carbons (Fsp3) is 0.188. The molecule has 0 unspecified atom stereocenters. The Morgan fingerprint density at radius 2 is 1.71 bits per heavy atom. The number of carbonyl (C=O) groups is 2. The summed E-state index contributed by atoms with van der Waals surface area (Å²) in [4.78, 5) is 26.5. The Balaban J connectivity index is 1.82. The first-order chi connectivity index (χ1) is 11.4. The van der Waals surface area contributed by atoms with Crippen LogP contribution in [0.5, 0.6) is 0 Å². The SMILES string of the molecule is O=C(NCCc1ccccc1)C(=O)Nc1ccc(C(F)(F)F)nc1. The largest absolute Gasteiger partial charge is 0.433 e. The van der Waals surface area contributed by atoms with Gasteiger partial charge < -0.3 is 10.6 Å². The predicted octanol–water partition coefficient (Wildman–Crippen LogP) is 2.40. The zero-order chi connectivity index (χ0) is 17.6. The lowest BCUT2D eigenvalue weighted by atomic mass is 10.1. The molecule has 1 aromatic carbocycles. The van der Waals surface area contributed by atoms with E-state index in [0.29, 0.717) is 6.42 Å². The van der Waals surface area contributed by atoms with Gasteiger partial charge in [-0.15, -0.1) is 0 Å². The standard InChI is InChI=1S/C16H14F3N3O2/c17-16(18,19)13-7-6-12(10-21-13)22-15(24)14(23)20-9-8-11-4-2-1-3-5-11/h1-7,10H,8-9H2,(H,20,23)(H,22,24). The first-order valence-electron chi connectivity index (χ1n) is 7.02. The summed E-state index contributed by atoms with van der Waals surface area (Å²) in [7, 11) is 0. The number of nitrogens with one attached hydrogen (secondary N) is 2. The van der Waals surface area contributed by atoms with Crippen LogP contribution in [-0.2, 0) is 22.2 Å². The van der Waals surface area contributed by atoms with Crippen molar-refractivity contribution < 1.29 is 22.8 Å². The molecule has 2 aromatic rings. The Hall–Kier alpha value is -2.90. The second-order valence-electron chi connectivity index (χ2n) is 4.88. The minimum Gasteiger partial charge on any atom is -0.347 e. The van der Waals surface area contributed by atoms with Crippen LogP contribution >= 0.6 is 0 Å². The summed E-state index contributed by atoms with van der Waals surface area (Å²) in [5, 5.41) is 4.62. The Kier molecular flexibility index (Phi) is 5.51. The van der Waals surface area contributed by atoms with E-state index >= 15 is 0 Å². The number of amides is 2. The molecule has 0 aliphatic rings. The zero-order valence-corrected chi connectivity index (χ0v) is 12.4. The van der Waals surface area contributed by atoms with E-state index in [4.69, 9.17) is 0 Å². The van der Waals surface area contributed by atoms with Gasteiger partial charge in [0.05, 0.1) is 11.9 Å². The molecule has 1 heterocycles. The monoisotopic (exact) mass is 337 g/mol. The maximum absolute atomic E-state index is 12.4. The lowest BCUT2D eigenvalue weighted by Crippen LogP contribution is -2.36. The normalized spacial score (nSPS) is 11.0. The maximum Gasteiger partial charge on any atom is 0.433 e. The molecular formula is C16H14F3N3O2. The number of pyridine rings is 1. The number of aromatic nitrogens is 1. The summed E-state index contributed by atoms with van der Waals surface area (Å²) < 4.78 is 37.1. The number of rotatable bonds is 4. The smallest absolute Gasteiger partial charge is 0.347 e. The molecule has 0 fully saturated rings. The third-order valence-electron chi connectivity index (χ3n) is 3.06. The number of halogens is 3. The maximum atomic E-state index is 12.4. The van der Waals surface area contributed by atoms with Crippen molar-refractivity contribution in [3.8, 4) is 0 Å². The van der Waals surface area contributed by atoms with Crippen LogP contribution in [-0.4, -0.2) is 23.3 Å². The van der Waals surface area contributed by atoms with Crippen LogP contribution in [0.4, 0.5) is 18.9 Å². The minimum atomic E-state index is -4.56. The first-order valence-corrected chi connectivity index (χ1v) is 7.02. The van der Waals surface area contributed by atoms with E-state index in [9.17, 15) is 22.8 Å². The van der Waals surface area contributed by atoms with Gasteiger partial charge in [-0.25, -0.2) is 4.98 Å². The number of hydrogen-bond acceptors (Lipinski definition) is 3. The van der Waals surface area contributed by atoms with Crippen molar-refractivity contribution in [1.82, 2.24) is 10.3 Å². The van der Waals surface area contributed by atoms with Crippen LogP contribution in [0.1, 0.15) is 11.3 Å². The Morgan fingerprint density at radius 3 is 2.29 bits per heavy atom. The van der Waals surface area contributed by atoms with E-state index in [1.807, 2.05) is 30.3 Å². The molecule has 0 spiro atoms. The van der Waals surface area contributed by atoms with Gasteiger partial charge in [0, 0.05) is 6.54 Å². The molecule has 0 atom stereocenters. The van der Waals surface area contributed by atoms with Gasteiger partial charge in [0.25, 0.3) is 0 Å². The van der Waals surface area contributed by atoms with E-state index in [0.717, 1.165) is 23.9 Å². The van der Waals surface area contributed by atoms with Gasteiger partial charge in [0.2, 0.25) is 0 Å². The zero-order valence-electron chi connectivity index (χ0n) is 12.4. The summed E-state index contributed by atoms with van der Waals surface area (Å²) in [6.45, 7) is 0.265. The molecule has 24 heavy (non-hydrogen) atoms. The Labute approximate surface area is 135 Å². The lowest BCUT2D eigenvalue weighted by Gasteiger charge is -2.08. The molecule has 2 N–H and O–H groups in total. The van der Waals surface area contributed by atoms with Crippen molar-refractivity contribution in [2.75, 3.05) is 11.9 Å². The van der Waals surface area contributed by atoms with E-state index in [2.05, 4.69) is 15.6 Å². The van der Waals surface area contributed by atoms with Crippen molar-refractivity contribution in [1.29, 1.82) is 0 Å². The Bertz CT molecular complexity index is 701. The molecule has 0 aliphatic carbocycles. The van der Waals surface area contributed by atoms with E-state index < -0.39 is 23.7 Å². The van der Waals surface area contributed by atoms with Gasteiger partial charge >= 0.3 is 18.0 Å². The van der Waals surface area contributed by atoms with Crippen molar-refractivity contribution in [3.05, 3.63) is 59.9 Å². The van der Waals surface area contributed by atoms with Gasteiger partial charge in [-0.05, 0) is 24.1 Å². The second kappa shape index (κ2) is 7.58. The topological polar surface area (TPSA) is 71.1 Å². The molecular weight excluding hydrogens is 323 g/mol. The number of alkyl halides is 3.